The lowest BCUT2D eigenvalue weighted by molar-refractivity contribution is -0.141. The molecule has 3 aromatic rings. The Morgan fingerprint density at radius 2 is 1.48 bits per heavy atom. The highest BCUT2D eigenvalue weighted by Gasteiger charge is 2.31. The van der Waals surface area contributed by atoms with E-state index in [2.05, 4.69) is 5.32 Å². The largest absolute Gasteiger partial charge is 0.352 e. The fourth-order valence-electron chi connectivity index (χ4n) is 3.63. The van der Waals surface area contributed by atoms with Gasteiger partial charge in [-0.05, 0) is 48.7 Å². The Morgan fingerprint density at radius 3 is 2.12 bits per heavy atom. The molecule has 0 saturated heterocycles. The topological polar surface area (TPSA) is 49.4 Å². The molecule has 4 nitrogen and oxygen atoms in total. The molecule has 2 amide bonds. The Balaban J connectivity index is 1.97. The molecule has 3 rings (SSSR count). The van der Waals surface area contributed by atoms with E-state index in [9.17, 15) is 9.59 Å². The molecular weight excluding hydrogens is 455 g/mol. The molecule has 0 heterocycles. The average Bonchev–Trinajstić information content (AvgIpc) is 2.79. The second-order valence-electron chi connectivity index (χ2n) is 8.29. The van der Waals surface area contributed by atoms with Crippen molar-refractivity contribution >= 4 is 35.0 Å². The lowest BCUT2D eigenvalue weighted by Gasteiger charge is -2.32. The van der Waals surface area contributed by atoms with Gasteiger partial charge in [0.2, 0.25) is 11.8 Å². The molecule has 0 bridgehead atoms. The molecule has 0 fully saturated rings. The smallest absolute Gasteiger partial charge is 0.243 e. The van der Waals surface area contributed by atoms with Crippen LogP contribution in [0, 0.1) is 0 Å². The lowest BCUT2D eigenvalue weighted by Crippen LogP contribution is -2.52. The summed E-state index contributed by atoms with van der Waals surface area (Å²) in [6, 6.07) is 23.6. The molecule has 0 aromatic heterocycles. The van der Waals surface area contributed by atoms with Crippen molar-refractivity contribution in [2.75, 3.05) is 0 Å². The van der Waals surface area contributed by atoms with Crippen molar-refractivity contribution in [2.24, 2.45) is 0 Å². The van der Waals surface area contributed by atoms with Crippen molar-refractivity contribution in [3.8, 4) is 0 Å². The van der Waals surface area contributed by atoms with E-state index in [1.165, 1.54) is 0 Å². The predicted molar refractivity (Wildman–Crippen MR) is 134 cm³/mol. The summed E-state index contributed by atoms with van der Waals surface area (Å²) in [6.07, 6.45) is 0.509. The summed E-state index contributed by atoms with van der Waals surface area (Å²) >= 11 is 12.4. The quantitative estimate of drug-likeness (QED) is 0.425. The fourth-order valence-corrected chi connectivity index (χ4v) is 3.96. The highest BCUT2D eigenvalue weighted by Crippen LogP contribution is 2.21. The standard InChI is InChI=1S/C27H28Cl2N2O2/c1-19(2)30-27(33)25(16-20-8-4-3-5-9-20)31(18-21-12-14-23(28)15-13-21)26(32)17-22-10-6-7-11-24(22)29/h3-15,19,25H,16-18H2,1-2H3,(H,30,33). The maximum absolute atomic E-state index is 13.6. The zero-order valence-electron chi connectivity index (χ0n) is 18.8. The van der Waals surface area contributed by atoms with Gasteiger partial charge in [0.25, 0.3) is 0 Å². The summed E-state index contributed by atoms with van der Waals surface area (Å²) < 4.78 is 0. The van der Waals surface area contributed by atoms with E-state index in [0.29, 0.717) is 16.5 Å². The number of hydrogen-bond acceptors (Lipinski definition) is 2. The number of carbonyl (C=O) groups is 2. The average molecular weight is 483 g/mol. The molecule has 172 valence electrons. The van der Waals surface area contributed by atoms with Crippen LogP contribution in [0.25, 0.3) is 0 Å². The summed E-state index contributed by atoms with van der Waals surface area (Å²) in [5, 5.41) is 4.14. The van der Waals surface area contributed by atoms with E-state index < -0.39 is 6.04 Å². The lowest BCUT2D eigenvalue weighted by atomic mass is 10.0. The molecule has 33 heavy (non-hydrogen) atoms. The summed E-state index contributed by atoms with van der Waals surface area (Å²) in [7, 11) is 0. The summed E-state index contributed by atoms with van der Waals surface area (Å²) in [4.78, 5) is 28.6. The highest BCUT2D eigenvalue weighted by atomic mass is 35.5. The molecule has 0 radical (unpaired) electrons. The van der Waals surface area contributed by atoms with Gasteiger partial charge in [0.15, 0.2) is 0 Å². The number of nitrogens with zero attached hydrogens (tertiary/aromatic N) is 1. The van der Waals surface area contributed by atoms with Gasteiger partial charge in [-0.1, -0.05) is 83.9 Å². The molecule has 1 N–H and O–H groups in total. The first kappa shape index (κ1) is 24.8. The molecule has 0 aliphatic carbocycles. The molecular formula is C27H28Cl2N2O2. The Hall–Kier alpha value is -2.82. The third-order valence-electron chi connectivity index (χ3n) is 5.27. The van der Waals surface area contributed by atoms with Crippen LogP contribution in [-0.2, 0) is 29.0 Å². The van der Waals surface area contributed by atoms with Crippen molar-refractivity contribution in [1.82, 2.24) is 10.2 Å². The highest BCUT2D eigenvalue weighted by molar-refractivity contribution is 6.31. The van der Waals surface area contributed by atoms with Crippen LogP contribution >= 0.6 is 23.2 Å². The van der Waals surface area contributed by atoms with Gasteiger partial charge in [-0.15, -0.1) is 0 Å². The Kier molecular flexibility index (Phi) is 8.93. The number of rotatable bonds is 9. The van der Waals surface area contributed by atoms with Gasteiger partial charge in [-0.3, -0.25) is 9.59 Å². The Morgan fingerprint density at radius 1 is 0.848 bits per heavy atom. The summed E-state index contributed by atoms with van der Waals surface area (Å²) in [6.45, 7) is 4.10. The van der Waals surface area contributed by atoms with Crippen LogP contribution in [0.4, 0.5) is 0 Å². The van der Waals surface area contributed by atoms with Crippen molar-refractivity contribution in [3.05, 3.63) is 106 Å². The minimum atomic E-state index is -0.680. The van der Waals surface area contributed by atoms with E-state index >= 15 is 0 Å². The van der Waals surface area contributed by atoms with Gasteiger partial charge in [0.05, 0.1) is 6.42 Å². The second-order valence-corrected chi connectivity index (χ2v) is 9.13. The van der Waals surface area contributed by atoms with Crippen LogP contribution in [0.15, 0.2) is 78.9 Å². The number of amides is 2. The number of hydrogen-bond donors (Lipinski definition) is 1. The van der Waals surface area contributed by atoms with Crippen molar-refractivity contribution < 1.29 is 9.59 Å². The van der Waals surface area contributed by atoms with Crippen molar-refractivity contribution in [1.29, 1.82) is 0 Å². The van der Waals surface area contributed by atoms with Crippen LogP contribution in [0.3, 0.4) is 0 Å². The van der Waals surface area contributed by atoms with Crippen LogP contribution in [0.1, 0.15) is 30.5 Å². The zero-order chi connectivity index (χ0) is 23.8. The molecule has 0 spiro atoms. The maximum atomic E-state index is 13.6. The number of halogens is 2. The minimum absolute atomic E-state index is 0.0492. The monoisotopic (exact) mass is 482 g/mol. The van der Waals surface area contributed by atoms with E-state index in [4.69, 9.17) is 23.2 Å². The van der Waals surface area contributed by atoms with Crippen molar-refractivity contribution in [2.45, 2.75) is 45.3 Å². The van der Waals surface area contributed by atoms with Crippen LogP contribution in [-0.4, -0.2) is 28.8 Å². The number of carbonyl (C=O) groups excluding carboxylic acids is 2. The Bertz CT molecular complexity index is 1070. The molecule has 3 aromatic carbocycles. The van der Waals surface area contributed by atoms with Crippen molar-refractivity contribution in [3.63, 3.8) is 0 Å². The van der Waals surface area contributed by atoms with Gasteiger partial charge in [-0.25, -0.2) is 0 Å². The van der Waals surface area contributed by atoms with E-state index in [-0.39, 0.29) is 30.8 Å². The first-order valence-electron chi connectivity index (χ1n) is 10.9. The Labute approximate surface area is 205 Å². The molecule has 6 heteroatoms. The predicted octanol–water partition coefficient (Wildman–Crippen LogP) is 5.70. The van der Waals surface area contributed by atoms with E-state index in [0.717, 1.165) is 16.7 Å². The molecule has 0 aliphatic heterocycles. The number of benzene rings is 3. The fraction of sp³-hybridized carbons (Fsp3) is 0.259. The van der Waals surface area contributed by atoms with Crippen LogP contribution < -0.4 is 5.32 Å². The van der Waals surface area contributed by atoms with Gasteiger partial charge in [-0.2, -0.15) is 0 Å². The van der Waals surface area contributed by atoms with E-state index in [1.54, 1.807) is 23.1 Å². The molecule has 0 aliphatic rings. The van der Waals surface area contributed by atoms with Gasteiger partial charge < -0.3 is 10.2 Å². The van der Waals surface area contributed by atoms with Gasteiger partial charge in [0.1, 0.15) is 6.04 Å². The van der Waals surface area contributed by atoms with Crippen LogP contribution in [0.2, 0.25) is 10.0 Å². The number of nitrogens with one attached hydrogen (secondary N) is 1. The normalized spacial score (nSPS) is 11.8. The van der Waals surface area contributed by atoms with Crippen LogP contribution in [0.5, 0.6) is 0 Å². The van der Waals surface area contributed by atoms with E-state index in [1.807, 2.05) is 74.5 Å². The molecule has 1 atom stereocenters. The van der Waals surface area contributed by atoms with Gasteiger partial charge in [0, 0.05) is 29.1 Å². The SMILES string of the molecule is CC(C)NC(=O)C(Cc1ccccc1)N(Cc1ccc(Cl)cc1)C(=O)Cc1ccccc1Cl. The van der Waals surface area contributed by atoms with Gasteiger partial charge >= 0.3 is 0 Å². The molecule has 1 unspecified atom stereocenters. The molecule has 0 saturated carbocycles. The first-order valence-corrected chi connectivity index (χ1v) is 11.7. The first-order chi connectivity index (χ1) is 15.8. The third kappa shape index (κ3) is 7.34. The second kappa shape index (κ2) is 11.9. The zero-order valence-corrected chi connectivity index (χ0v) is 20.3. The third-order valence-corrected chi connectivity index (χ3v) is 5.89. The summed E-state index contributed by atoms with van der Waals surface area (Å²) in [5.41, 5.74) is 2.60. The summed E-state index contributed by atoms with van der Waals surface area (Å²) in [5.74, 6) is -0.354. The maximum Gasteiger partial charge on any atom is 0.243 e. The minimum Gasteiger partial charge on any atom is -0.352 e.